The van der Waals surface area contributed by atoms with Crippen LogP contribution in [0.2, 0.25) is 0 Å². The Morgan fingerprint density at radius 3 is 2.75 bits per heavy atom. The molecule has 1 saturated heterocycles. The van der Waals surface area contributed by atoms with Gasteiger partial charge in [0.2, 0.25) is 0 Å². The van der Waals surface area contributed by atoms with E-state index in [0.29, 0.717) is 6.10 Å². The zero-order chi connectivity index (χ0) is 11.4. The topological polar surface area (TPSA) is 21.3 Å². The second-order valence-corrected chi connectivity index (χ2v) is 5.04. The molecule has 0 atom stereocenters. The minimum atomic E-state index is 0.366. The van der Waals surface area contributed by atoms with Gasteiger partial charge in [0, 0.05) is 0 Å². The van der Waals surface area contributed by atoms with E-state index in [-0.39, 0.29) is 0 Å². The molecule has 2 nitrogen and oxygen atoms in total. The Bertz CT molecular complexity index is 348. The monoisotopic (exact) mass is 283 g/mol. The number of piperidine rings is 1. The molecule has 16 heavy (non-hydrogen) atoms. The normalized spacial score (nSPS) is 17.4. The van der Waals surface area contributed by atoms with Crippen molar-refractivity contribution < 1.29 is 4.74 Å². The molecule has 1 heterocycles. The van der Waals surface area contributed by atoms with Gasteiger partial charge in [0.1, 0.15) is 11.9 Å². The number of halogens is 1. The Hall–Kier alpha value is -0.540. The minimum Gasteiger partial charge on any atom is -0.489 e. The number of benzene rings is 1. The highest BCUT2D eigenvalue weighted by molar-refractivity contribution is 9.10. The predicted octanol–water partition coefficient (Wildman–Crippen LogP) is 3.14. The van der Waals surface area contributed by atoms with Crippen LogP contribution in [0.5, 0.6) is 5.75 Å². The third kappa shape index (κ3) is 2.98. The molecule has 1 N–H and O–H groups in total. The zero-order valence-corrected chi connectivity index (χ0v) is 11.2. The molecule has 3 heteroatoms. The van der Waals surface area contributed by atoms with E-state index in [0.717, 1.165) is 42.6 Å². The number of aryl methyl sites for hydroxylation is 1. The summed E-state index contributed by atoms with van der Waals surface area (Å²) < 4.78 is 7.07. The molecule has 1 aromatic carbocycles. The Morgan fingerprint density at radius 1 is 1.38 bits per heavy atom. The number of hydrogen-bond acceptors (Lipinski definition) is 2. The van der Waals surface area contributed by atoms with Gasteiger partial charge in [0.15, 0.2) is 0 Å². The predicted molar refractivity (Wildman–Crippen MR) is 70.0 cm³/mol. The van der Waals surface area contributed by atoms with Crippen LogP contribution in [0.15, 0.2) is 22.7 Å². The summed E-state index contributed by atoms with van der Waals surface area (Å²) in [6.07, 6.45) is 3.63. The van der Waals surface area contributed by atoms with E-state index in [2.05, 4.69) is 46.4 Å². The van der Waals surface area contributed by atoms with E-state index < -0.39 is 0 Å². The minimum absolute atomic E-state index is 0.366. The quantitative estimate of drug-likeness (QED) is 0.920. The first-order valence-corrected chi connectivity index (χ1v) is 6.74. The van der Waals surface area contributed by atoms with Crippen LogP contribution in [0.3, 0.4) is 0 Å². The zero-order valence-electron chi connectivity index (χ0n) is 9.63. The Kier molecular flexibility index (Phi) is 4.24. The van der Waals surface area contributed by atoms with Crippen molar-refractivity contribution in [3.63, 3.8) is 0 Å². The van der Waals surface area contributed by atoms with E-state index in [1.54, 1.807) is 0 Å². The third-order valence-electron chi connectivity index (χ3n) is 2.98. The van der Waals surface area contributed by atoms with Crippen molar-refractivity contribution in [1.29, 1.82) is 0 Å². The Labute approximate surface area is 106 Å². The molecule has 0 spiro atoms. The van der Waals surface area contributed by atoms with E-state index in [9.17, 15) is 0 Å². The van der Waals surface area contributed by atoms with Gasteiger partial charge >= 0.3 is 0 Å². The summed E-state index contributed by atoms with van der Waals surface area (Å²) in [5.74, 6) is 0.976. The molecule has 0 aromatic heterocycles. The molecule has 1 aliphatic heterocycles. The molecular formula is C13H18BrNO. The lowest BCUT2D eigenvalue weighted by atomic mass is 10.1. The summed E-state index contributed by atoms with van der Waals surface area (Å²) in [7, 11) is 0. The van der Waals surface area contributed by atoms with Gasteiger partial charge < -0.3 is 10.1 Å². The molecule has 0 bridgehead atoms. The molecule has 0 amide bonds. The van der Waals surface area contributed by atoms with Gasteiger partial charge in [-0.25, -0.2) is 0 Å². The molecule has 2 rings (SSSR count). The number of hydrogen-bond donors (Lipinski definition) is 1. The first-order chi connectivity index (χ1) is 7.79. The molecule has 1 aromatic rings. The van der Waals surface area contributed by atoms with Crippen molar-refractivity contribution in [3.05, 3.63) is 28.2 Å². The van der Waals surface area contributed by atoms with Crippen molar-refractivity contribution in [1.82, 2.24) is 5.32 Å². The number of rotatable bonds is 3. The summed E-state index contributed by atoms with van der Waals surface area (Å²) in [5.41, 5.74) is 1.34. The molecule has 0 unspecified atom stereocenters. The van der Waals surface area contributed by atoms with Gasteiger partial charge in [-0.15, -0.1) is 0 Å². The summed E-state index contributed by atoms with van der Waals surface area (Å²) in [4.78, 5) is 0. The SMILES string of the molecule is CCc1ccc(OC2CCNCC2)c(Br)c1. The fourth-order valence-electron chi connectivity index (χ4n) is 1.95. The highest BCUT2D eigenvalue weighted by Crippen LogP contribution is 2.28. The lowest BCUT2D eigenvalue weighted by Gasteiger charge is -2.24. The van der Waals surface area contributed by atoms with E-state index in [1.165, 1.54) is 5.56 Å². The fraction of sp³-hybridized carbons (Fsp3) is 0.538. The summed E-state index contributed by atoms with van der Waals surface area (Å²) in [6.45, 7) is 4.29. The average molecular weight is 284 g/mol. The van der Waals surface area contributed by atoms with Crippen LogP contribution in [-0.4, -0.2) is 19.2 Å². The van der Waals surface area contributed by atoms with Crippen LogP contribution < -0.4 is 10.1 Å². The Balaban J connectivity index is 2.03. The van der Waals surface area contributed by atoms with Gasteiger partial charge in [-0.05, 0) is 66.0 Å². The van der Waals surface area contributed by atoms with E-state index in [4.69, 9.17) is 4.74 Å². The molecule has 88 valence electrons. The van der Waals surface area contributed by atoms with Gasteiger partial charge in [-0.1, -0.05) is 13.0 Å². The van der Waals surface area contributed by atoms with Gasteiger partial charge in [0.25, 0.3) is 0 Å². The van der Waals surface area contributed by atoms with Crippen molar-refractivity contribution in [2.24, 2.45) is 0 Å². The van der Waals surface area contributed by atoms with Crippen molar-refractivity contribution in [2.45, 2.75) is 32.3 Å². The highest BCUT2D eigenvalue weighted by atomic mass is 79.9. The largest absolute Gasteiger partial charge is 0.489 e. The molecule has 0 aliphatic carbocycles. The van der Waals surface area contributed by atoms with E-state index in [1.807, 2.05) is 0 Å². The van der Waals surface area contributed by atoms with Gasteiger partial charge in [0.05, 0.1) is 4.47 Å². The maximum Gasteiger partial charge on any atom is 0.133 e. The molecule has 0 radical (unpaired) electrons. The first-order valence-electron chi connectivity index (χ1n) is 5.95. The molecule has 0 saturated carbocycles. The second kappa shape index (κ2) is 5.69. The van der Waals surface area contributed by atoms with E-state index >= 15 is 0 Å². The van der Waals surface area contributed by atoms with Crippen LogP contribution in [0.4, 0.5) is 0 Å². The second-order valence-electron chi connectivity index (χ2n) is 4.19. The maximum atomic E-state index is 6.00. The van der Waals surface area contributed by atoms with Crippen molar-refractivity contribution in [3.8, 4) is 5.75 Å². The summed E-state index contributed by atoms with van der Waals surface area (Å²) in [6, 6.07) is 6.36. The summed E-state index contributed by atoms with van der Waals surface area (Å²) >= 11 is 3.57. The lowest BCUT2D eigenvalue weighted by Crippen LogP contribution is -2.34. The lowest BCUT2D eigenvalue weighted by molar-refractivity contribution is 0.161. The van der Waals surface area contributed by atoms with Crippen LogP contribution >= 0.6 is 15.9 Å². The van der Waals surface area contributed by atoms with Crippen molar-refractivity contribution >= 4 is 15.9 Å². The first kappa shape index (κ1) is 11.9. The maximum absolute atomic E-state index is 6.00. The van der Waals surface area contributed by atoms with Crippen LogP contribution in [-0.2, 0) is 6.42 Å². The molecule has 1 fully saturated rings. The van der Waals surface area contributed by atoms with Gasteiger partial charge in [-0.3, -0.25) is 0 Å². The van der Waals surface area contributed by atoms with Crippen LogP contribution in [0.1, 0.15) is 25.3 Å². The standard InChI is InChI=1S/C13H18BrNO/c1-2-10-3-4-13(12(14)9-10)16-11-5-7-15-8-6-11/h3-4,9,11,15H,2,5-8H2,1H3. The number of ether oxygens (including phenoxy) is 1. The molecular weight excluding hydrogens is 266 g/mol. The summed E-state index contributed by atoms with van der Waals surface area (Å²) in [5, 5.41) is 3.34. The molecule has 1 aliphatic rings. The number of nitrogens with one attached hydrogen (secondary N) is 1. The van der Waals surface area contributed by atoms with Crippen LogP contribution in [0.25, 0.3) is 0 Å². The Morgan fingerprint density at radius 2 is 2.12 bits per heavy atom. The third-order valence-corrected chi connectivity index (χ3v) is 3.60. The van der Waals surface area contributed by atoms with Crippen LogP contribution in [0, 0.1) is 0 Å². The fourth-order valence-corrected chi connectivity index (χ4v) is 2.47. The highest BCUT2D eigenvalue weighted by Gasteiger charge is 2.15. The smallest absolute Gasteiger partial charge is 0.133 e. The average Bonchev–Trinajstić information content (AvgIpc) is 2.33. The van der Waals surface area contributed by atoms with Gasteiger partial charge in [-0.2, -0.15) is 0 Å². The van der Waals surface area contributed by atoms with Crippen molar-refractivity contribution in [2.75, 3.05) is 13.1 Å².